The van der Waals surface area contributed by atoms with Crippen LogP contribution in [0.25, 0.3) is 0 Å². The maximum atomic E-state index is 13.3. The molecule has 1 aliphatic heterocycles. The van der Waals surface area contributed by atoms with E-state index in [1.807, 2.05) is 20.0 Å². The second kappa shape index (κ2) is 8.32. The zero-order chi connectivity index (χ0) is 14.5. The van der Waals surface area contributed by atoms with Gasteiger partial charge in [0.25, 0.3) is 0 Å². The van der Waals surface area contributed by atoms with Crippen LogP contribution in [0.5, 0.6) is 0 Å². The lowest BCUT2D eigenvalue weighted by molar-refractivity contribution is -0.142. The molecule has 0 aliphatic carbocycles. The van der Waals surface area contributed by atoms with Gasteiger partial charge in [-0.1, -0.05) is 19.1 Å². The lowest BCUT2D eigenvalue weighted by Gasteiger charge is -2.34. The van der Waals surface area contributed by atoms with E-state index in [9.17, 15) is 9.18 Å². The zero-order valence-corrected chi connectivity index (χ0v) is 13.2. The summed E-state index contributed by atoms with van der Waals surface area (Å²) in [5, 5.41) is 3.01. The number of nitrogens with zero attached hydrogens (tertiary/aromatic N) is 1. The first-order valence-corrected chi connectivity index (χ1v) is 6.92. The number of hydrogen-bond acceptors (Lipinski definition) is 3. The number of benzene rings is 1. The molecule has 118 valence electrons. The Morgan fingerprint density at radius 1 is 1.57 bits per heavy atom. The molecule has 2 unspecified atom stereocenters. The van der Waals surface area contributed by atoms with Crippen LogP contribution in [-0.4, -0.2) is 44.1 Å². The highest BCUT2D eigenvalue weighted by Crippen LogP contribution is 2.23. The summed E-state index contributed by atoms with van der Waals surface area (Å²) in [6, 6.07) is 6.37. The molecule has 1 aromatic rings. The molecular formula is C15H22ClFN2O2. The Morgan fingerprint density at radius 3 is 3.00 bits per heavy atom. The predicted molar refractivity (Wildman–Crippen MR) is 82.0 cm³/mol. The number of rotatable bonds is 4. The highest BCUT2D eigenvalue weighted by Gasteiger charge is 2.27. The van der Waals surface area contributed by atoms with Crippen LogP contribution in [0.2, 0.25) is 0 Å². The van der Waals surface area contributed by atoms with Gasteiger partial charge in [0.2, 0.25) is 5.91 Å². The molecule has 0 aromatic heterocycles. The molecule has 2 rings (SSSR count). The van der Waals surface area contributed by atoms with Gasteiger partial charge in [0.15, 0.2) is 0 Å². The van der Waals surface area contributed by atoms with E-state index in [4.69, 9.17) is 4.74 Å². The molecule has 1 aliphatic rings. The van der Waals surface area contributed by atoms with Crippen molar-refractivity contribution in [1.82, 2.24) is 10.2 Å². The number of ether oxygens (including phenoxy) is 1. The number of amides is 1. The molecule has 2 atom stereocenters. The van der Waals surface area contributed by atoms with Gasteiger partial charge in [-0.3, -0.25) is 4.79 Å². The molecule has 0 radical (unpaired) electrons. The maximum absolute atomic E-state index is 13.3. The van der Waals surface area contributed by atoms with Crippen molar-refractivity contribution < 1.29 is 13.9 Å². The van der Waals surface area contributed by atoms with Crippen molar-refractivity contribution >= 4 is 18.3 Å². The van der Waals surface area contributed by atoms with E-state index in [1.165, 1.54) is 12.1 Å². The first-order valence-electron chi connectivity index (χ1n) is 6.92. The van der Waals surface area contributed by atoms with Gasteiger partial charge in [-0.15, -0.1) is 12.4 Å². The molecule has 6 heteroatoms. The monoisotopic (exact) mass is 316 g/mol. The summed E-state index contributed by atoms with van der Waals surface area (Å²) >= 11 is 0. The van der Waals surface area contributed by atoms with Crippen LogP contribution < -0.4 is 5.32 Å². The van der Waals surface area contributed by atoms with E-state index < -0.39 is 0 Å². The van der Waals surface area contributed by atoms with Crippen LogP contribution in [0.15, 0.2) is 24.3 Å². The largest absolute Gasteiger partial charge is 0.370 e. The second-order valence-corrected chi connectivity index (χ2v) is 5.16. The van der Waals surface area contributed by atoms with E-state index in [-0.39, 0.29) is 36.2 Å². The first kappa shape index (κ1) is 17.9. The number of carbonyl (C=O) groups is 1. The molecule has 1 heterocycles. The molecule has 4 nitrogen and oxygen atoms in total. The van der Waals surface area contributed by atoms with Crippen molar-refractivity contribution in [3.8, 4) is 0 Å². The number of morpholine rings is 1. The minimum Gasteiger partial charge on any atom is -0.370 e. The van der Waals surface area contributed by atoms with E-state index in [1.54, 1.807) is 11.0 Å². The van der Waals surface area contributed by atoms with Crippen molar-refractivity contribution in [3.05, 3.63) is 35.6 Å². The summed E-state index contributed by atoms with van der Waals surface area (Å²) in [5.41, 5.74) is 0.781. The molecule has 21 heavy (non-hydrogen) atoms. The van der Waals surface area contributed by atoms with Crippen molar-refractivity contribution in [2.75, 3.05) is 33.3 Å². The van der Waals surface area contributed by atoms with Gasteiger partial charge in [0, 0.05) is 19.0 Å². The van der Waals surface area contributed by atoms with Gasteiger partial charge in [0.1, 0.15) is 11.9 Å². The fraction of sp³-hybridized carbons (Fsp3) is 0.533. The van der Waals surface area contributed by atoms with Crippen LogP contribution in [0, 0.1) is 11.7 Å². The van der Waals surface area contributed by atoms with Crippen molar-refractivity contribution in [1.29, 1.82) is 0 Å². The highest BCUT2D eigenvalue weighted by atomic mass is 35.5. The average molecular weight is 317 g/mol. The van der Waals surface area contributed by atoms with E-state index in [0.717, 1.165) is 5.56 Å². The predicted octanol–water partition coefficient (Wildman–Crippen LogP) is 2.00. The lowest BCUT2D eigenvalue weighted by atomic mass is 10.1. The number of halogens is 2. The van der Waals surface area contributed by atoms with Crippen molar-refractivity contribution in [2.24, 2.45) is 5.92 Å². The second-order valence-electron chi connectivity index (χ2n) is 5.16. The smallest absolute Gasteiger partial charge is 0.226 e. The van der Waals surface area contributed by atoms with E-state index in [0.29, 0.717) is 26.2 Å². The summed E-state index contributed by atoms with van der Waals surface area (Å²) in [7, 11) is 1.83. The maximum Gasteiger partial charge on any atom is 0.226 e. The average Bonchev–Trinajstić information content (AvgIpc) is 2.47. The zero-order valence-electron chi connectivity index (χ0n) is 12.3. The third-order valence-electron chi connectivity index (χ3n) is 3.53. The van der Waals surface area contributed by atoms with Crippen LogP contribution >= 0.6 is 12.4 Å². The van der Waals surface area contributed by atoms with Gasteiger partial charge in [0.05, 0.1) is 13.2 Å². The summed E-state index contributed by atoms with van der Waals surface area (Å²) in [6.45, 7) is 4.13. The van der Waals surface area contributed by atoms with Gasteiger partial charge in [-0.25, -0.2) is 4.39 Å². The van der Waals surface area contributed by atoms with E-state index >= 15 is 0 Å². The summed E-state index contributed by atoms with van der Waals surface area (Å²) < 4.78 is 18.9. The van der Waals surface area contributed by atoms with Crippen molar-refractivity contribution in [3.63, 3.8) is 0 Å². The third-order valence-corrected chi connectivity index (χ3v) is 3.53. The lowest BCUT2D eigenvalue weighted by Crippen LogP contribution is -2.46. The molecule has 0 saturated carbocycles. The molecule has 1 saturated heterocycles. The SMILES string of the molecule is CNCC(C)C(=O)N1CCOC(c2cccc(F)c2)C1.Cl. The fourth-order valence-electron chi connectivity index (χ4n) is 2.46. The Balaban J connectivity index is 0.00000220. The summed E-state index contributed by atoms with van der Waals surface area (Å²) in [6.07, 6.45) is -0.245. The van der Waals surface area contributed by atoms with Gasteiger partial charge < -0.3 is 15.0 Å². The Hall–Kier alpha value is -1.17. The van der Waals surface area contributed by atoms with Crippen LogP contribution in [0.1, 0.15) is 18.6 Å². The Bertz CT molecular complexity index is 473. The normalized spacial score (nSPS) is 19.8. The fourth-order valence-corrected chi connectivity index (χ4v) is 2.46. The van der Waals surface area contributed by atoms with E-state index in [2.05, 4.69) is 5.32 Å². The Morgan fingerprint density at radius 2 is 2.33 bits per heavy atom. The minimum atomic E-state index is -0.280. The molecule has 1 N–H and O–H groups in total. The third kappa shape index (κ3) is 4.66. The minimum absolute atomic E-state index is 0. The molecular weight excluding hydrogens is 295 g/mol. The van der Waals surface area contributed by atoms with Crippen LogP contribution in [-0.2, 0) is 9.53 Å². The molecule has 0 bridgehead atoms. The molecule has 1 fully saturated rings. The Kier molecular flexibility index (Phi) is 7.08. The summed E-state index contributed by atoms with van der Waals surface area (Å²) in [4.78, 5) is 14.1. The molecule has 0 spiro atoms. The van der Waals surface area contributed by atoms with Gasteiger partial charge in [-0.2, -0.15) is 0 Å². The number of hydrogen-bond donors (Lipinski definition) is 1. The number of nitrogens with one attached hydrogen (secondary N) is 1. The van der Waals surface area contributed by atoms with Gasteiger partial charge in [-0.05, 0) is 24.7 Å². The van der Waals surface area contributed by atoms with Gasteiger partial charge >= 0.3 is 0 Å². The van der Waals surface area contributed by atoms with Crippen LogP contribution in [0.4, 0.5) is 4.39 Å². The number of carbonyl (C=O) groups excluding carboxylic acids is 1. The summed E-state index contributed by atoms with van der Waals surface area (Å²) in [5.74, 6) is -0.228. The standard InChI is InChI=1S/C15H21FN2O2.ClH/c1-11(9-17-2)15(19)18-6-7-20-14(10-18)12-4-3-5-13(16)8-12;/h3-5,8,11,14,17H,6-7,9-10H2,1-2H3;1H. The highest BCUT2D eigenvalue weighted by molar-refractivity contribution is 5.85. The van der Waals surface area contributed by atoms with Crippen molar-refractivity contribution in [2.45, 2.75) is 13.0 Å². The quantitative estimate of drug-likeness (QED) is 0.924. The molecule has 1 amide bonds. The molecule has 1 aromatic carbocycles. The topological polar surface area (TPSA) is 41.6 Å². The van der Waals surface area contributed by atoms with Crippen LogP contribution in [0.3, 0.4) is 0 Å². The first-order chi connectivity index (χ1) is 9.61. The Labute approximate surface area is 131 Å².